The van der Waals surface area contributed by atoms with Crippen molar-refractivity contribution in [2.75, 3.05) is 20.3 Å². The van der Waals surface area contributed by atoms with Gasteiger partial charge in [-0.05, 0) is 19.1 Å². The standard InChI is InChI=1S/C16H14ClFN2O6/c1-8-13(16(23)25-7-11(21)19-6-12(22)24-2)15(20-26-8)14-9(17)4-3-5-10(14)18/h3-5H,6-7H2,1-2H3,(H,19,21). The molecule has 0 fully saturated rings. The molecule has 1 aromatic heterocycles. The number of methoxy groups -OCH3 is 1. The van der Waals surface area contributed by atoms with Crippen LogP contribution in [0.3, 0.4) is 0 Å². The van der Waals surface area contributed by atoms with Crippen molar-refractivity contribution >= 4 is 29.4 Å². The Morgan fingerprint density at radius 2 is 2.08 bits per heavy atom. The van der Waals surface area contributed by atoms with Crippen LogP contribution in [-0.2, 0) is 19.1 Å². The lowest BCUT2D eigenvalue weighted by molar-refractivity contribution is -0.141. The van der Waals surface area contributed by atoms with Crippen molar-refractivity contribution in [2.24, 2.45) is 0 Å². The van der Waals surface area contributed by atoms with Gasteiger partial charge in [-0.1, -0.05) is 22.8 Å². The van der Waals surface area contributed by atoms with E-state index < -0.39 is 30.3 Å². The zero-order chi connectivity index (χ0) is 19.3. The van der Waals surface area contributed by atoms with Gasteiger partial charge in [0.25, 0.3) is 5.91 Å². The molecule has 0 unspecified atom stereocenters. The first-order valence-corrected chi connectivity index (χ1v) is 7.64. The van der Waals surface area contributed by atoms with Crippen LogP contribution in [0, 0.1) is 12.7 Å². The van der Waals surface area contributed by atoms with Crippen LogP contribution in [0.25, 0.3) is 11.3 Å². The smallest absolute Gasteiger partial charge is 0.344 e. The summed E-state index contributed by atoms with van der Waals surface area (Å²) in [6.45, 7) is 0.402. The maximum Gasteiger partial charge on any atom is 0.344 e. The highest BCUT2D eigenvalue weighted by Crippen LogP contribution is 2.33. The van der Waals surface area contributed by atoms with Crippen molar-refractivity contribution in [3.63, 3.8) is 0 Å². The van der Waals surface area contributed by atoms with Crippen molar-refractivity contribution in [2.45, 2.75) is 6.92 Å². The molecule has 1 amide bonds. The number of amides is 1. The number of halogens is 2. The topological polar surface area (TPSA) is 108 Å². The summed E-state index contributed by atoms with van der Waals surface area (Å²) < 4.78 is 28.3. The van der Waals surface area contributed by atoms with Crippen LogP contribution in [0.1, 0.15) is 16.1 Å². The van der Waals surface area contributed by atoms with E-state index in [4.69, 9.17) is 20.9 Å². The zero-order valence-electron chi connectivity index (χ0n) is 13.8. The van der Waals surface area contributed by atoms with Crippen molar-refractivity contribution in [3.05, 3.63) is 40.4 Å². The van der Waals surface area contributed by atoms with Gasteiger partial charge in [-0.15, -0.1) is 0 Å². The van der Waals surface area contributed by atoms with Gasteiger partial charge in [0, 0.05) is 0 Å². The zero-order valence-corrected chi connectivity index (χ0v) is 14.6. The largest absolute Gasteiger partial charge is 0.468 e. The number of carbonyl (C=O) groups excluding carboxylic acids is 3. The van der Waals surface area contributed by atoms with Gasteiger partial charge in [0.2, 0.25) is 0 Å². The van der Waals surface area contributed by atoms with Gasteiger partial charge in [0.15, 0.2) is 6.61 Å². The van der Waals surface area contributed by atoms with Gasteiger partial charge in [-0.2, -0.15) is 0 Å². The lowest BCUT2D eigenvalue weighted by Crippen LogP contribution is -2.33. The quantitative estimate of drug-likeness (QED) is 0.757. The SMILES string of the molecule is COC(=O)CNC(=O)COC(=O)c1c(-c2c(F)cccc2Cl)noc1C. The van der Waals surface area contributed by atoms with E-state index in [-0.39, 0.29) is 34.1 Å². The lowest BCUT2D eigenvalue weighted by Gasteiger charge is -2.07. The van der Waals surface area contributed by atoms with Gasteiger partial charge < -0.3 is 19.3 Å². The fourth-order valence-corrected chi connectivity index (χ4v) is 2.26. The average Bonchev–Trinajstić information content (AvgIpc) is 2.98. The third-order valence-corrected chi connectivity index (χ3v) is 3.57. The minimum absolute atomic E-state index is 0.0307. The highest BCUT2D eigenvalue weighted by molar-refractivity contribution is 6.33. The molecule has 26 heavy (non-hydrogen) atoms. The predicted octanol–water partition coefficient (Wildman–Crippen LogP) is 1.89. The number of aryl methyl sites for hydroxylation is 1. The molecule has 1 aromatic carbocycles. The third-order valence-electron chi connectivity index (χ3n) is 3.26. The Morgan fingerprint density at radius 1 is 1.35 bits per heavy atom. The Kier molecular flexibility index (Phi) is 6.29. The molecule has 1 heterocycles. The van der Waals surface area contributed by atoms with E-state index in [0.29, 0.717) is 0 Å². The van der Waals surface area contributed by atoms with Gasteiger partial charge >= 0.3 is 11.9 Å². The number of hydrogen-bond acceptors (Lipinski definition) is 7. The molecule has 0 bridgehead atoms. The van der Waals surface area contributed by atoms with Crippen molar-refractivity contribution in [1.82, 2.24) is 10.5 Å². The highest BCUT2D eigenvalue weighted by Gasteiger charge is 2.27. The third kappa shape index (κ3) is 4.37. The highest BCUT2D eigenvalue weighted by atomic mass is 35.5. The van der Waals surface area contributed by atoms with E-state index in [1.807, 2.05) is 0 Å². The number of carbonyl (C=O) groups is 3. The molecule has 0 saturated heterocycles. The minimum atomic E-state index is -0.953. The Morgan fingerprint density at radius 3 is 2.73 bits per heavy atom. The van der Waals surface area contributed by atoms with Crippen LogP contribution in [0.5, 0.6) is 0 Å². The average molecular weight is 385 g/mol. The Balaban J connectivity index is 2.14. The summed E-state index contributed by atoms with van der Waals surface area (Å²) in [6.07, 6.45) is 0. The summed E-state index contributed by atoms with van der Waals surface area (Å²) in [7, 11) is 1.17. The second-order valence-electron chi connectivity index (χ2n) is 4.99. The number of benzene rings is 1. The van der Waals surface area contributed by atoms with E-state index in [1.54, 1.807) is 0 Å². The number of esters is 2. The van der Waals surface area contributed by atoms with E-state index in [9.17, 15) is 18.8 Å². The molecular formula is C16H14ClFN2O6. The first kappa shape index (κ1) is 19.4. The minimum Gasteiger partial charge on any atom is -0.468 e. The van der Waals surface area contributed by atoms with Crippen LogP contribution in [0.15, 0.2) is 22.7 Å². The van der Waals surface area contributed by atoms with E-state index in [1.165, 1.54) is 26.2 Å². The van der Waals surface area contributed by atoms with Crippen LogP contribution < -0.4 is 5.32 Å². The summed E-state index contributed by atoms with van der Waals surface area (Å²) in [5.41, 5.74) is -0.406. The van der Waals surface area contributed by atoms with Gasteiger partial charge in [-0.25, -0.2) is 9.18 Å². The summed E-state index contributed by atoms with van der Waals surface area (Å²) in [5.74, 6) is -2.96. The van der Waals surface area contributed by atoms with Crippen LogP contribution >= 0.6 is 11.6 Å². The van der Waals surface area contributed by atoms with E-state index in [2.05, 4.69) is 15.2 Å². The number of ether oxygens (including phenoxy) is 2. The molecule has 0 atom stereocenters. The first-order valence-electron chi connectivity index (χ1n) is 7.26. The molecule has 0 aliphatic carbocycles. The Bertz CT molecular complexity index is 831. The van der Waals surface area contributed by atoms with Gasteiger partial charge in [-0.3, -0.25) is 9.59 Å². The number of hydrogen-bond donors (Lipinski definition) is 1. The normalized spacial score (nSPS) is 10.3. The second-order valence-corrected chi connectivity index (χ2v) is 5.40. The Hall–Kier alpha value is -2.94. The molecule has 10 heteroatoms. The van der Waals surface area contributed by atoms with Crippen molar-refractivity contribution < 1.29 is 32.8 Å². The lowest BCUT2D eigenvalue weighted by atomic mass is 10.1. The summed E-state index contributed by atoms with van der Waals surface area (Å²) >= 11 is 5.98. The molecule has 0 saturated carbocycles. The maximum atomic E-state index is 14.1. The summed E-state index contributed by atoms with van der Waals surface area (Å²) in [6, 6.07) is 3.98. The molecule has 1 N–H and O–H groups in total. The van der Waals surface area contributed by atoms with Gasteiger partial charge in [0.1, 0.15) is 29.4 Å². The number of aromatic nitrogens is 1. The number of nitrogens with zero attached hydrogens (tertiary/aromatic N) is 1. The van der Waals surface area contributed by atoms with Crippen LogP contribution in [0.2, 0.25) is 5.02 Å². The summed E-state index contributed by atoms with van der Waals surface area (Å²) in [4.78, 5) is 34.8. The summed E-state index contributed by atoms with van der Waals surface area (Å²) in [5, 5.41) is 5.90. The molecule has 0 radical (unpaired) electrons. The fraction of sp³-hybridized carbons (Fsp3) is 0.250. The number of nitrogens with one attached hydrogen (secondary N) is 1. The number of rotatable bonds is 6. The van der Waals surface area contributed by atoms with Gasteiger partial charge in [0.05, 0.1) is 17.7 Å². The van der Waals surface area contributed by atoms with Crippen molar-refractivity contribution in [3.8, 4) is 11.3 Å². The second kappa shape index (κ2) is 8.43. The molecule has 2 aromatic rings. The van der Waals surface area contributed by atoms with Crippen LogP contribution in [-0.4, -0.2) is 43.3 Å². The molecule has 0 aliphatic heterocycles. The fourth-order valence-electron chi connectivity index (χ4n) is 2.00. The molecule has 8 nitrogen and oxygen atoms in total. The molecule has 0 aliphatic rings. The molecule has 0 spiro atoms. The molecule has 138 valence electrons. The monoisotopic (exact) mass is 384 g/mol. The van der Waals surface area contributed by atoms with Crippen LogP contribution in [0.4, 0.5) is 4.39 Å². The van der Waals surface area contributed by atoms with E-state index in [0.717, 1.165) is 6.07 Å². The molecule has 2 rings (SSSR count). The van der Waals surface area contributed by atoms with E-state index >= 15 is 0 Å². The van der Waals surface area contributed by atoms with Crippen molar-refractivity contribution in [1.29, 1.82) is 0 Å². The first-order chi connectivity index (χ1) is 12.3. The maximum absolute atomic E-state index is 14.1. The Labute approximate surface area is 152 Å². The predicted molar refractivity (Wildman–Crippen MR) is 87.0 cm³/mol. The molecular weight excluding hydrogens is 371 g/mol.